The summed E-state index contributed by atoms with van der Waals surface area (Å²) >= 11 is 0. The molecule has 1 aliphatic heterocycles. The second kappa shape index (κ2) is 15.8. The van der Waals surface area contributed by atoms with Crippen LogP contribution in [0.2, 0.25) is 13.1 Å². The smallest absolute Gasteiger partial charge is 0.135 e. The van der Waals surface area contributed by atoms with Crippen LogP contribution < -0.4 is 15.1 Å². The van der Waals surface area contributed by atoms with Crippen LogP contribution >= 0.6 is 0 Å². The molecule has 1 aliphatic rings. The highest BCUT2D eigenvalue weighted by Gasteiger charge is 2.39. The van der Waals surface area contributed by atoms with E-state index < -0.39 is 8.07 Å². The first-order chi connectivity index (χ1) is 30.2. The highest BCUT2D eigenvalue weighted by molar-refractivity contribution is 7.01. The van der Waals surface area contributed by atoms with Crippen molar-refractivity contribution in [2.75, 3.05) is 0 Å². The number of rotatable bonds is 7. The Kier molecular flexibility index (Phi) is 9.97. The molecule has 0 fully saturated rings. The number of fused-ring (bicyclic) bond motifs is 2. The molecule has 2 heteroatoms. The summed E-state index contributed by atoms with van der Waals surface area (Å²) in [6, 6.07) is 77.8. The van der Waals surface area contributed by atoms with Gasteiger partial charge in [-0.05, 0) is 106 Å². The van der Waals surface area contributed by atoms with Crippen molar-refractivity contribution in [1.29, 1.82) is 0 Å². The van der Waals surface area contributed by atoms with E-state index in [1.807, 2.05) is 0 Å². The summed E-state index contributed by atoms with van der Waals surface area (Å²) in [6.07, 6.45) is 0. The van der Waals surface area contributed by atoms with Crippen LogP contribution in [0.3, 0.4) is 0 Å². The normalized spacial score (nSPS) is 12.9. The van der Waals surface area contributed by atoms with Gasteiger partial charge in [0.05, 0.1) is 0 Å². The monoisotopic (exact) mass is 814 g/mol. The summed E-state index contributed by atoms with van der Waals surface area (Å²) in [5.74, 6) is 1.99. The van der Waals surface area contributed by atoms with Gasteiger partial charge in [-0.1, -0.05) is 234 Å². The van der Waals surface area contributed by atoms with Crippen molar-refractivity contribution >= 4 is 18.4 Å². The number of hydrogen-bond donors (Lipinski definition) is 0. The quantitative estimate of drug-likeness (QED) is 0.146. The van der Waals surface area contributed by atoms with Gasteiger partial charge in [-0.25, -0.2) is 0 Å². The molecule has 0 radical (unpaired) electrons. The first-order valence-corrected chi connectivity index (χ1v) is 24.8. The minimum atomic E-state index is -2.12. The molecule has 9 aromatic rings. The zero-order valence-electron chi connectivity index (χ0n) is 36.1. The van der Waals surface area contributed by atoms with Gasteiger partial charge in [0.2, 0.25) is 0 Å². The third kappa shape index (κ3) is 6.82. The molecule has 1 heterocycles. The Morgan fingerprint density at radius 2 is 0.661 bits per heavy atom. The Labute approximate surface area is 368 Å². The molecule has 0 aliphatic carbocycles. The van der Waals surface area contributed by atoms with Crippen molar-refractivity contribution in [3.63, 3.8) is 0 Å². The van der Waals surface area contributed by atoms with Crippen molar-refractivity contribution in [3.05, 3.63) is 218 Å². The lowest BCUT2D eigenvalue weighted by atomic mass is 9.74. The Morgan fingerprint density at radius 1 is 0.323 bits per heavy atom. The van der Waals surface area contributed by atoms with E-state index in [1.165, 1.54) is 82.7 Å². The maximum Gasteiger partial charge on any atom is 0.135 e. The largest absolute Gasteiger partial charge is 0.457 e. The third-order valence-electron chi connectivity index (χ3n) is 12.7. The molecule has 300 valence electrons. The number of ether oxygens (including phenoxy) is 1. The van der Waals surface area contributed by atoms with Crippen molar-refractivity contribution in [2.45, 2.75) is 39.3 Å². The van der Waals surface area contributed by atoms with Gasteiger partial charge >= 0.3 is 0 Å². The first kappa shape index (κ1) is 39.2. The van der Waals surface area contributed by atoms with Crippen LogP contribution in [0.25, 0.3) is 77.9 Å². The molecule has 0 atom stereocenters. The van der Waals surface area contributed by atoms with Crippen LogP contribution in [0.15, 0.2) is 212 Å². The van der Waals surface area contributed by atoms with Crippen LogP contribution in [0, 0.1) is 0 Å². The Morgan fingerprint density at radius 3 is 1.06 bits per heavy atom. The SMILES string of the molecule is CC(C)(C)c1ccc2c(c1-c1cccc(-c3c(-c4ccccc4)c(-c4ccccc4)c(-c4ccccc4)c(-c4ccccc4)c3-c3ccccc3)c1)Oc1ccccc1[Si]2(C)C. The average molecular weight is 815 g/mol. The number of hydrogen-bond acceptors (Lipinski definition) is 1. The molecule has 0 N–H and O–H groups in total. The molecule has 0 spiro atoms. The highest BCUT2D eigenvalue weighted by Crippen LogP contribution is 2.56. The van der Waals surface area contributed by atoms with Crippen LogP contribution in [-0.4, -0.2) is 8.07 Å². The summed E-state index contributed by atoms with van der Waals surface area (Å²) < 4.78 is 7.12. The summed E-state index contributed by atoms with van der Waals surface area (Å²) in [6.45, 7) is 11.9. The molecule has 0 unspecified atom stereocenters. The summed E-state index contributed by atoms with van der Waals surface area (Å²) in [4.78, 5) is 0. The highest BCUT2D eigenvalue weighted by atomic mass is 28.3. The van der Waals surface area contributed by atoms with Gasteiger partial charge in [0.1, 0.15) is 19.6 Å². The van der Waals surface area contributed by atoms with Gasteiger partial charge in [0.15, 0.2) is 0 Å². The predicted octanol–water partition coefficient (Wildman–Crippen LogP) is 15.6. The van der Waals surface area contributed by atoms with Gasteiger partial charge in [0.25, 0.3) is 0 Å². The zero-order chi connectivity index (χ0) is 42.4. The Bertz CT molecular complexity index is 2950. The molecule has 0 aromatic heterocycles. The molecule has 0 amide bonds. The molecular weight excluding hydrogens is 765 g/mol. The van der Waals surface area contributed by atoms with E-state index in [9.17, 15) is 0 Å². The second-order valence-electron chi connectivity index (χ2n) is 18.0. The lowest BCUT2D eigenvalue weighted by Crippen LogP contribution is -2.56. The molecule has 9 aromatic carbocycles. The number of benzene rings is 9. The summed E-state index contributed by atoms with van der Waals surface area (Å²) in [5, 5.41) is 2.68. The van der Waals surface area contributed by atoms with Gasteiger partial charge in [-0.15, -0.1) is 0 Å². The van der Waals surface area contributed by atoms with Crippen molar-refractivity contribution in [1.82, 2.24) is 0 Å². The molecule has 62 heavy (non-hydrogen) atoms. The van der Waals surface area contributed by atoms with E-state index in [0.29, 0.717) is 0 Å². The molecule has 0 saturated carbocycles. The molecular formula is C60H50OSi. The number of para-hydroxylation sites is 1. The maximum atomic E-state index is 7.12. The average Bonchev–Trinajstić information content (AvgIpc) is 3.31. The topological polar surface area (TPSA) is 9.23 Å². The van der Waals surface area contributed by atoms with Gasteiger partial charge in [-0.2, -0.15) is 0 Å². The van der Waals surface area contributed by atoms with Crippen molar-refractivity contribution in [3.8, 4) is 89.4 Å². The van der Waals surface area contributed by atoms with Crippen LogP contribution in [0.5, 0.6) is 11.5 Å². The van der Waals surface area contributed by atoms with Crippen LogP contribution in [0.1, 0.15) is 26.3 Å². The van der Waals surface area contributed by atoms with E-state index in [0.717, 1.165) is 22.6 Å². The molecule has 1 nitrogen and oxygen atoms in total. The lowest BCUT2D eigenvalue weighted by molar-refractivity contribution is 0.485. The van der Waals surface area contributed by atoms with Crippen LogP contribution in [-0.2, 0) is 5.41 Å². The van der Waals surface area contributed by atoms with E-state index in [1.54, 1.807) is 0 Å². The fourth-order valence-corrected chi connectivity index (χ4v) is 12.6. The van der Waals surface area contributed by atoms with Crippen LogP contribution in [0.4, 0.5) is 0 Å². The lowest BCUT2D eigenvalue weighted by Gasteiger charge is -2.36. The minimum absolute atomic E-state index is 0.144. The van der Waals surface area contributed by atoms with Gasteiger partial charge in [0, 0.05) is 5.56 Å². The van der Waals surface area contributed by atoms with Gasteiger partial charge in [-0.3, -0.25) is 0 Å². The Hall–Kier alpha value is -7.00. The van der Waals surface area contributed by atoms with Crippen molar-refractivity contribution in [2.24, 2.45) is 0 Å². The standard InChI is InChI=1S/C60H50OSi/c1-60(2,3)48-38-39-51-59(61-49-36-21-22-37-50(49)62(51,4)5)52(48)46-34-23-35-47(40-46)58-56(44-30-17-9-18-31-44)54(42-26-13-7-14-27-42)53(41-24-11-6-12-25-41)55(43-28-15-8-16-29-43)57(58)45-32-19-10-20-33-45/h6-40H,1-5H3. The second-order valence-corrected chi connectivity index (χ2v) is 22.3. The minimum Gasteiger partial charge on any atom is -0.457 e. The third-order valence-corrected chi connectivity index (χ3v) is 16.2. The maximum absolute atomic E-state index is 7.12. The summed E-state index contributed by atoms with van der Waals surface area (Å²) in [5.41, 5.74) is 17.7. The summed E-state index contributed by atoms with van der Waals surface area (Å²) in [7, 11) is -2.12. The fourth-order valence-electron chi connectivity index (χ4n) is 9.76. The van der Waals surface area contributed by atoms with E-state index in [2.05, 4.69) is 246 Å². The first-order valence-electron chi connectivity index (χ1n) is 21.8. The fraction of sp³-hybridized carbons (Fsp3) is 0.100. The Balaban J connectivity index is 1.39. The van der Waals surface area contributed by atoms with Gasteiger partial charge < -0.3 is 4.74 Å². The zero-order valence-corrected chi connectivity index (χ0v) is 37.1. The van der Waals surface area contributed by atoms with E-state index in [4.69, 9.17) is 4.74 Å². The molecule has 10 rings (SSSR count). The molecule has 0 saturated heterocycles. The van der Waals surface area contributed by atoms with E-state index in [-0.39, 0.29) is 5.41 Å². The van der Waals surface area contributed by atoms with Crippen molar-refractivity contribution < 1.29 is 4.74 Å². The predicted molar refractivity (Wildman–Crippen MR) is 266 cm³/mol. The van der Waals surface area contributed by atoms with E-state index >= 15 is 0 Å². The molecule has 0 bridgehead atoms.